The number of guanidine groups is 1. The first-order valence-electron chi connectivity index (χ1n) is 11.9. The monoisotopic (exact) mass is 491 g/mol. The number of carbonyl (C=O) groups is 2. The molecule has 2 heterocycles. The van der Waals surface area contributed by atoms with Gasteiger partial charge in [0.05, 0.1) is 29.1 Å². The zero-order valence-electron chi connectivity index (χ0n) is 21.8. The van der Waals surface area contributed by atoms with Gasteiger partial charge in [0.25, 0.3) is 0 Å². The fourth-order valence-electron chi connectivity index (χ4n) is 4.34. The predicted molar refractivity (Wildman–Crippen MR) is 138 cm³/mol. The van der Waals surface area contributed by atoms with Crippen molar-refractivity contribution in [2.45, 2.75) is 65.2 Å². The second-order valence-corrected chi connectivity index (χ2v) is 10.4. The third kappa shape index (κ3) is 4.97. The highest BCUT2D eigenvalue weighted by Crippen LogP contribution is 2.35. The van der Waals surface area contributed by atoms with Gasteiger partial charge in [0.1, 0.15) is 11.4 Å². The smallest absolute Gasteiger partial charge is 0.414 e. The van der Waals surface area contributed by atoms with Gasteiger partial charge < -0.3 is 9.84 Å². The number of aliphatic hydroxyl groups is 1. The molecule has 2 amide bonds. The number of aromatic nitrogens is 2. The summed E-state index contributed by atoms with van der Waals surface area (Å²) in [5.74, 6) is 0.771. The van der Waals surface area contributed by atoms with Crippen molar-refractivity contribution in [1.29, 1.82) is 0 Å². The van der Waals surface area contributed by atoms with Crippen LogP contribution in [0.4, 0.5) is 4.79 Å². The fourth-order valence-corrected chi connectivity index (χ4v) is 4.34. The molecule has 0 bridgehead atoms. The second-order valence-electron chi connectivity index (χ2n) is 10.4. The van der Waals surface area contributed by atoms with Crippen LogP contribution in [0.15, 0.2) is 47.5 Å². The Balaban J connectivity index is 1.73. The topological polar surface area (TPSA) is 109 Å². The summed E-state index contributed by atoms with van der Waals surface area (Å²) in [5, 5.41) is 12.6. The maximum absolute atomic E-state index is 12.9. The molecule has 0 saturated heterocycles. The normalized spacial score (nSPS) is 19.3. The zero-order valence-corrected chi connectivity index (χ0v) is 21.8. The van der Waals surface area contributed by atoms with E-state index >= 15 is 0 Å². The van der Waals surface area contributed by atoms with E-state index < -0.39 is 23.3 Å². The van der Waals surface area contributed by atoms with Gasteiger partial charge in [-0.1, -0.05) is 18.2 Å². The highest BCUT2D eigenvalue weighted by Gasteiger charge is 2.38. The molecule has 2 atom stereocenters. The number of nitrogens with zero attached hydrogens (tertiary/aromatic N) is 4. The van der Waals surface area contributed by atoms with Gasteiger partial charge in [-0.05, 0) is 76.9 Å². The lowest BCUT2D eigenvalue weighted by Crippen LogP contribution is -2.52. The summed E-state index contributed by atoms with van der Waals surface area (Å²) >= 11 is 0. The number of aliphatic hydroxyl groups excluding tert-OH is 1. The molecule has 1 unspecified atom stereocenters. The zero-order chi connectivity index (χ0) is 26.4. The summed E-state index contributed by atoms with van der Waals surface area (Å²) in [6.07, 6.45) is -1.10. The Bertz CT molecular complexity index is 1370. The van der Waals surface area contributed by atoms with E-state index in [1.807, 2.05) is 60.9 Å². The molecule has 1 aliphatic rings. The van der Waals surface area contributed by atoms with Crippen LogP contribution in [0.2, 0.25) is 0 Å². The molecule has 3 aromatic rings. The molecule has 2 N–H and O–H groups in total. The van der Waals surface area contributed by atoms with Crippen molar-refractivity contribution in [3.63, 3.8) is 0 Å². The highest BCUT2D eigenvalue weighted by atomic mass is 16.6. The van der Waals surface area contributed by atoms with E-state index in [2.05, 4.69) is 5.32 Å². The predicted octanol–water partition coefficient (Wildman–Crippen LogP) is 4.35. The van der Waals surface area contributed by atoms with Crippen LogP contribution < -0.4 is 5.32 Å². The average molecular weight is 492 g/mol. The summed E-state index contributed by atoms with van der Waals surface area (Å²) in [4.78, 5) is 36.1. The molecule has 1 aromatic heterocycles. The SMILES string of the molecule is Cc1nc2cc(C(C)O)ccc2n1-c1cccc([C@]2(C)CC(=O)N(C)C(NC(=O)OC(C)(C)C)=N2)c1. The van der Waals surface area contributed by atoms with Gasteiger partial charge in [-0.3, -0.25) is 19.6 Å². The molecule has 2 aromatic carbocycles. The van der Waals surface area contributed by atoms with Crippen molar-refractivity contribution in [1.82, 2.24) is 19.8 Å². The van der Waals surface area contributed by atoms with Crippen molar-refractivity contribution in [2.75, 3.05) is 7.05 Å². The molecule has 190 valence electrons. The van der Waals surface area contributed by atoms with E-state index in [0.717, 1.165) is 33.7 Å². The quantitative estimate of drug-likeness (QED) is 0.566. The molecule has 1 aliphatic heterocycles. The number of aryl methyl sites for hydroxylation is 1. The van der Waals surface area contributed by atoms with Gasteiger partial charge >= 0.3 is 6.09 Å². The molecule has 9 heteroatoms. The molecule has 4 rings (SSSR count). The van der Waals surface area contributed by atoms with Gasteiger partial charge in [0.2, 0.25) is 11.9 Å². The summed E-state index contributed by atoms with van der Waals surface area (Å²) in [6.45, 7) is 10.8. The third-order valence-corrected chi connectivity index (χ3v) is 6.21. The Morgan fingerprint density at radius 3 is 2.61 bits per heavy atom. The van der Waals surface area contributed by atoms with Crippen molar-refractivity contribution in [3.8, 4) is 5.69 Å². The van der Waals surface area contributed by atoms with E-state index in [-0.39, 0.29) is 18.3 Å². The van der Waals surface area contributed by atoms with Crippen LogP contribution in [0.25, 0.3) is 16.7 Å². The number of fused-ring (bicyclic) bond motifs is 1. The van der Waals surface area contributed by atoms with Crippen molar-refractivity contribution in [2.24, 2.45) is 4.99 Å². The number of hydrogen-bond donors (Lipinski definition) is 2. The summed E-state index contributed by atoms with van der Waals surface area (Å²) < 4.78 is 7.38. The first-order chi connectivity index (χ1) is 16.8. The Kier molecular flexibility index (Phi) is 6.38. The summed E-state index contributed by atoms with van der Waals surface area (Å²) in [6, 6.07) is 13.6. The largest absolute Gasteiger partial charge is 0.444 e. The molecule has 0 spiro atoms. The maximum Gasteiger partial charge on any atom is 0.414 e. The van der Waals surface area contributed by atoms with Gasteiger partial charge in [0, 0.05) is 12.7 Å². The molecular formula is C27H33N5O4. The van der Waals surface area contributed by atoms with E-state index in [0.29, 0.717) is 0 Å². The Morgan fingerprint density at radius 1 is 1.22 bits per heavy atom. The Labute approximate surface area is 210 Å². The summed E-state index contributed by atoms with van der Waals surface area (Å²) in [7, 11) is 1.58. The lowest BCUT2D eigenvalue weighted by atomic mass is 9.87. The van der Waals surface area contributed by atoms with Crippen LogP contribution >= 0.6 is 0 Å². The lowest BCUT2D eigenvalue weighted by Gasteiger charge is -2.35. The summed E-state index contributed by atoms with van der Waals surface area (Å²) in [5.41, 5.74) is 2.63. The van der Waals surface area contributed by atoms with Crippen LogP contribution in [-0.2, 0) is 15.1 Å². The van der Waals surface area contributed by atoms with Crippen molar-refractivity contribution < 1.29 is 19.4 Å². The number of imidazole rings is 1. The molecular weight excluding hydrogens is 458 g/mol. The van der Waals surface area contributed by atoms with Crippen LogP contribution in [0, 0.1) is 6.92 Å². The van der Waals surface area contributed by atoms with Crippen LogP contribution in [0.3, 0.4) is 0 Å². The molecule has 0 aliphatic carbocycles. The number of nitrogens with one attached hydrogen (secondary N) is 1. The van der Waals surface area contributed by atoms with Crippen LogP contribution in [-0.4, -0.2) is 50.2 Å². The maximum atomic E-state index is 12.9. The number of amides is 2. The number of alkyl carbamates (subject to hydrolysis) is 1. The first-order valence-corrected chi connectivity index (χ1v) is 11.9. The van der Waals surface area contributed by atoms with Crippen LogP contribution in [0.5, 0.6) is 0 Å². The number of aliphatic imine (C=N–C) groups is 1. The van der Waals surface area contributed by atoms with Crippen LogP contribution in [0.1, 0.15) is 64.1 Å². The molecule has 0 saturated carbocycles. The van der Waals surface area contributed by atoms with Gasteiger partial charge in [0.15, 0.2) is 0 Å². The minimum Gasteiger partial charge on any atom is -0.444 e. The lowest BCUT2D eigenvalue weighted by molar-refractivity contribution is -0.128. The molecule has 9 nitrogen and oxygen atoms in total. The van der Waals surface area contributed by atoms with Gasteiger partial charge in [-0.25, -0.2) is 14.8 Å². The molecule has 36 heavy (non-hydrogen) atoms. The van der Waals surface area contributed by atoms with Gasteiger partial charge in [-0.15, -0.1) is 0 Å². The Morgan fingerprint density at radius 2 is 1.94 bits per heavy atom. The number of carbonyl (C=O) groups excluding carboxylic acids is 2. The van der Waals surface area contributed by atoms with E-state index in [9.17, 15) is 14.7 Å². The number of rotatable bonds is 3. The minimum absolute atomic E-state index is 0.142. The first kappa shape index (κ1) is 25.4. The number of ether oxygens (including phenoxy) is 1. The number of benzene rings is 2. The van der Waals surface area contributed by atoms with Crippen molar-refractivity contribution in [3.05, 3.63) is 59.4 Å². The molecule has 0 radical (unpaired) electrons. The highest BCUT2D eigenvalue weighted by molar-refractivity contribution is 6.05. The second kappa shape index (κ2) is 9.05. The minimum atomic E-state index is -0.895. The fraction of sp³-hybridized carbons (Fsp3) is 0.407. The Hall–Kier alpha value is -3.72. The number of hydrogen-bond acceptors (Lipinski definition) is 6. The van der Waals surface area contributed by atoms with Gasteiger partial charge in [-0.2, -0.15) is 0 Å². The van der Waals surface area contributed by atoms with E-state index in [1.165, 1.54) is 4.90 Å². The standard InChI is InChI=1S/C27H33N5O4/c1-16(33)18-11-12-22-21(13-18)28-17(2)32(22)20-10-8-9-19(14-20)27(6)15-23(34)31(7)24(30-27)29-25(35)36-26(3,4)5/h8-14,16,33H,15H2,1-7H3,(H,29,30,35)/t16?,27-/m0/s1. The van der Waals surface area contributed by atoms with E-state index in [1.54, 1.807) is 34.7 Å². The van der Waals surface area contributed by atoms with E-state index in [4.69, 9.17) is 14.7 Å². The molecule has 0 fully saturated rings. The van der Waals surface area contributed by atoms with Crippen molar-refractivity contribution >= 4 is 29.0 Å². The third-order valence-electron chi connectivity index (χ3n) is 6.21. The average Bonchev–Trinajstić information content (AvgIpc) is 3.10.